The van der Waals surface area contributed by atoms with Crippen molar-refractivity contribution in [2.75, 3.05) is 13.1 Å². The Morgan fingerprint density at radius 1 is 1.53 bits per heavy atom. The predicted molar refractivity (Wildman–Crippen MR) is 59.5 cm³/mol. The third kappa shape index (κ3) is 3.23. The van der Waals surface area contributed by atoms with Gasteiger partial charge in [-0.1, -0.05) is 6.08 Å². The summed E-state index contributed by atoms with van der Waals surface area (Å²) in [6, 6.07) is -0.0185. The second kappa shape index (κ2) is 4.23. The summed E-state index contributed by atoms with van der Waals surface area (Å²) in [5.74, 6) is 0.178. The Bertz CT molecular complexity index is 258. The maximum absolute atomic E-state index is 11.7. The van der Waals surface area contributed by atoms with E-state index >= 15 is 0 Å². The van der Waals surface area contributed by atoms with Gasteiger partial charge >= 0.3 is 6.09 Å². The highest BCUT2D eigenvalue weighted by atomic mass is 16.6. The molecular formula is C11H20N2O2. The molecule has 4 heteroatoms. The first-order valence-electron chi connectivity index (χ1n) is 5.19. The van der Waals surface area contributed by atoms with Crippen molar-refractivity contribution < 1.29 is 9.53 Å². The Balaban J connectivity index is 2.53. The molecule has 15 heavy (non-hydrogen) atoms. The van der Waals surface area contributed by atoms with Gasteiger partial charge < -0.3 is 15.4 Å². The molecule has 0 spiro atoms. The largest absolute Gasteiger partial charge is 0.444 e. The number of hydrogen-bond donors (Lipinski definition) is 1. The summed E-state index contributed by atoms with van der Waals surface area (Å²) < 4.78 is 5.26. The summed E-state index contributed by atoms with van der Waals surface area (Å²) in [5, 5.41) is 0. The monoisotopic (exact) mass is 212 g/mol. The number of nitrogens with two attached hydrogens (primary N) is 1. The second-order valence-electron chi connectivity index (χ2n) is 4.95. The maximum Gasteiger partial charge on any atom is 0.410 e. The van der Waals surface area contributed by atoms with E-state index in [-0.39, 0.29) is 18.1 Å². The highest BCUT2D eigenvalue weighted by molar-refractivity contribution is 5.68. The summed E-state index contributed by atoms with van der Waals surface area (Å²) >= 11 is 0. The van der Waals surface area contributed by atoms with E-state index in [2.05, 4.69) is 6.58 Å². The Morgan fingerprint density at radius 2 is 2.13 bits per heavy atom. The Hall–Kier alpha value is -1.03. The average Bonchev–Trinajstić information content (AvgIpc) is 2.43. The van der Waals surface area contributed by atoms with Crippen LogP contribution in [0.4, 0.5) is 4.79 Å². The van der Waals surface area contributed by atoms with Crippen molar-refractivity contribution >= 4 is 6.09 Å². The SMILES string of the molecule is C=C[C@H]1CN(C(=O)OC(C)(C)C)C[C@H]1N. The number of carbonyl (C=O) groups is 1. The van der Waals surface area contributed by atoms with Crippen LogP contribution in [0.25, 0.3) is 0 Å². The Labute approximate surface area is 91.1 Å². The van der Waals surface area contributed by atoms with Crippen LogP contribution in [0.2, 0.25) is 0 Å². The Morgan fingerprint density at radius 3 is 2.53 bits per heavy atom. The van der Waals surface area contributed by atoms with Crippen molar-refractivity contribution in [2.24, 2.45) is 11.7 Å². The molecular weight excluding hydrogens is 192 g/mol. The van der Waals surface area contributed by atoms with Crippen molar-refractivity contribution in [1.29, 1.82) is 0 Å². The smallest absolute Gasteiger partial charge is 0.410 e. The normalized spacial score (nSPS) is 26.5. The van der Waals surface area contributed by atoms with E-state index in [1.807, 2.05) is 20.8 Å². The summed E-state index contributed by atoms with van der Waals surface area (Å²) in [6.07, 6.45) is 1.51. The second-order valence-corrected chi connectivity index (χ2v) is 4.95. The van der Waals surface area contributed by atoms with Gasteiger partial charge in [0, 0.05) is 25.0 Å². The van der Waals surface area contributed by atoms with E-state index in [9.17, 15) is 4.79 Å². The topological polar surface area (TPSA) is 55.6 Å². The van der Waals surface area contributed by atoms with Crippen molar-refractivity contribution in [3.63, 3.8) is 0 Å². The third-order valence-electron chi connectivity index (χ3n) is 2.37. The molecule has 2 N–H and O–H groups in total. The van der Waals surface area contributed by atoms with Crippen LogP contribution in [0.5, 0.6) is 0 Å². The van der Waals surface area contributed by atoms with Crippen LogP contribution >= 0.6 is 0 Å². The first-order valence-corrected chi connectivity index (χ1v) is 5.19. The van der Waals surface area contributed by atoms with Crippen LogP contribution in [0.15, 0.2) is 12.7 Å². The lowest BCUT2D eigenvalue weighted by atomic mass is 10.1. The minimum Gasteiger partial charge on any atom is -0.444 e. The standard InChI is InChI=1S/C11H20N2O2/c1-5-8-6-13(7-9(8)12)10(14)15-11(2,3)4/h5,8-9H,1,6-7,12H2,2-4H3/t8-,9+/m0/s1. The lowest BCUT2D eigenvalue weighted by Gasteiger charge is -2.24. The van der Waals surface area contributed by atoms with Gasteiger partial charge in [0.2, 0.25) is 0 Å². The van der Waals surface area contributed by atoms with Crippen molar-refractivity contribution in [1.82, 2.24) is 4.90 Å². The first-order chi connectivity index (χ1) is 6.83. The fraction of sp³-hybridized carbons (Fsp3) is 0.727. The molecule has 0 unspecified atom stereocenters. The maximum atomic E-state index is 11.7. The van der Waals surface area contributed by atoms with E-state index < -0.39 is 5.60 Å². The van der Waals surface area contributed by atoms with Gasteiger partial charge in [-0.2, -0.15) is 0 Å². The summed E-state index contributed by atoms with van der Waals surface area (Å²) in [4.78, 5) is 13.3. The molecule has 1 heterocycles. The van der Waals surface area contributed by atoms with Crippen LogP contribution in [0.3, 0.4) is 0 Å². The lowest BCUT2D eigenvalue weighted by molar-refractivity contribution is 0.0289. The van der Waals surface area contributed by atoms with Crippen LogP contribution in [-0.2, 0) is 4.74 Å². The number of rotatable bonds is 1. The number of likely N-dealkylation sites (tertiary alicyclic amines) is 1. The number of hydrogen-bond acceptors (Lipinski definition) is 3. The molecule has 0 aliphatic carbocycles. The molecule has 0 radical (unpaired) electrons. The van der Waals surface area contributed by atoms with E-state index in [1.165, 1.54) is 0 Å². The van der Waals surface area contributed by atoms with Gasteiger partial charge in [-0.25, -0.2) is 4.79 Å². The lowest BCUT2D eigenvalue weighted by Crippen LogP contribution is -2.36. The third-order valence-corrected chi connectivity index (χ3v) is 2.37. The zero-order valence-corrected chi connectivity index (χ0v) is 9.69. The zero-order chi connectivity index (χ0) is 11.6. The summed E-state index contributed by atoms with van der Waals surface area (Å²) in [7, 11) is 0. The molecule has 1 saturated heterocycles. The van der Waals surface area contributed by atoms with Crippen molar-refractivity contribution in [3.8, 4) is 0 Å². The van der Waals surface area contributed by atoms with Gasteiger partial charge in [-0.15, -0.1) is 6.58 Å². The molecule has 4 nitrogen and oxygen atoms in total. The molecule has 2 atom stereocenters. The van der Waals surface area contributed by atoms with Gasteiger partial charge in [0.25, 0.3) is 0 Å². The van der Waals surface area contributed by atoms with E-state index in [1.54, 1.807) is 11.0 Å². The quantitative estimate of drug-likeness (QED) is 0.668. The predicted octanol–water partition coefficient (Wildman–Crippen LogP) is 1.37. The molecule has 0 aromatic carbocycles. The number of amides is 1. The average molecular weight is 212 g/mol. The minimum absolute atomic E-state index is 0.0185. The number of carbonyl (C=O) groups excluding carboxylic acids is 1. The fourth-order valence-electron chi connectivity index (χ4n) is 1.58. The zero-order valence-electron chi connectivity index (χ0n) is 9.69. The van der Waals surface area contributed by atoms with Gasteiger partial charge in [0.05, 0.1) is 0 Å². The molecule has 1 fully saturated rings. The number of ether oxygens (including phenoxy) is 1. The van der Waals surface area contributed by atoms with Gasteiger partial charge in [0.1, 0.15) is 5.60 Å². The molecule has 86 valence electrons. The van der Waals surface area contributed by atoms with E-state index in [0.29, 0.717) is 13.1 Å². The van der Waals surface area contributed by atoms with Crippen LogP contribution in [0, 0.1) is 5.92 Å². The van der Waals surface area contributed by atoms with Crippen LogP contribution in [-0.4, -0.2) is 35.7 Å². The van der Waals surface area contributed by atoms with E-state index in [0.717, 1.165) is 0 Å². The number of nitrogens with zero attached hydrogens (tertiary/aromatic N) is 1. The fourth-order valence-corrected chi connectivity index (χ4v) is 1.58. The molecule has 1 rings (SSSR count). The highest BCUT2D eigenvalue weighted by Gasteiger charge is 2.33. The molecule has 0 aromatic heterocycles. The Kier molecular flexibility index (Phi) is 3.39. The molecule has 0 saturated carbocycles. The van der Waals surface area contributed by atoms with Crippen molar-refractivity contribution in [2.45, 2.75) is 32.4 Å². The summed E-state index contributed by atoms with van der Waals surface area (Å²) in [5.41, 5.74) is 5.41. The van der Waals surface area contributed by atoms with Gasteiger partial charge in [-0.3, -0.25) is 0 Å². The molecule has 1 aliphatic heterocycles. The van der Waals surface area contributed by atoms with Crippen LogP contribution < -0.4 is 5.73 Å². The molecule has 0 bridgehead atoms. The van der Waals surface area contributed by atoms with Crippen molar-refractivity contribution in [3.05, 3.63) is 12.7 Å². The van der Waals surface area contributed by atoms with E-state index in [4.69, 9.17) is 10.5 Å². The first kappa shape index (κ1) is 12.0. The van der Waals surface area contributed by atoms with Gasteiger partial charge in [0.15, 0.2) is 0 Å². The summed E-state index contributed by atoms with van der Waals surface area (Å²) in [6.45, 7) is 10.4. The molecule has 1 aliphatic rings. The van der Waals surface area contributed by atoms with Crippen LogP contribution in [0.1, 0.15) is 20.8 Å². The van der Waals surface area contributed by atoms with Gasteiger partial charge in [-0.05, 0) is 20.8 Å². The minimum atomic E-state index is -0.451. The molecule has 0 aromatic rings. The molecule has 1 amide bonds. The highest BCUT2D eigenvalue weighted by Crippen LogP contribution is 2.19.